The average Bonchev–Trinajstić information content (AvgIpc) is 2.18. The molecule has 0 aliphatic heterocycles. The lowest BCUT2D eigenvalue weighted by molar-refractivity contribution is 0.403. The number of hydrogen-bond donors (Lipinski definition) is 2. The predicted octanol–water partition coefficient (Wildman–Crippen LogP) is 1.18. The lowest BCUT2D eigenvalue weighted by atomic mass is 10.0. The summed E-state index contributed by atoms with van der Waals surface area (Å²) in [4.78, 5) is 0. The Bertz CT molecular complexity index is 304. The van der Waals surface area contributed by atoms with E-state index in [4.69, 9.17) is 16.2 Å². The van der Waals surface area contributed by atoms with E-state index in [-0.39, 0.29) is 11.9 Å². The fourth-order valence-electron chi connectivity index (χ4n) is 1.33. The van der Waals surface area contributed by atoms with E-state index in [0.717, 1.165) is 0 Å². The molecule has 0 heterocycles. The van der Waals surface area contributed by atoms with Gasteiger partial charge in [-0.2, -0.15) is 0 Å². The molecule has 0 amide bonds. The van der Waals surface area contributed by atoms with Gasteiger partial charge < -0.3 is 16.2 Å². The van der Waals surface area contributed by atoms with Crippen LogP contribution in [-0.4, -0.2) is 13.7 Å². The largest absolute Gasteiger partial charge is 0.496 e. The summed E-state index contributed by atoms with van der Waals surface area (Å²) in [5.41, 5.74) is 11.9. The zero-order chi connectivity index (χ0) is 10.6. The van der Waals surface area contributed by atoms with Crippen LogP contribution in [0.4, 0.5) is 4.39 Å². The van der Waals surface area contributed by atoms with Crippen LogP contribution in [0.2, 0.25) is 0 Å². The molecule has 0 saturated carbocycles. The summed E-state index contributed by atoms with van der Waals surface area (Å²) in [7, 11) is 1.53. The number of halogens is 1. The first-order chi connectivity index (χ1) is 6.69. The van der Waals surface area contributed by atoms with E-state index in [0.29, 0.717) is 24.3 Å². The standard InChI is InChI=1S/C10H15FN2O/c1-14-10-3-2-7(11)6-8(10)9(13)4-5-12/h2-3,6,9H,4-5,12-13H2,1H3. The van der Waals surface area contributed by atoms with Crippen molar-refractivity contribution in [2.24, 2.45) is 11.5 Å². The zero-order valence-electron chi connectivity index (χ0n) is 8.16. The number of nitrogens with two attached hydrogens (primary N) is 2. The molecule has 1 unspecified atom stereocenters. The summed E-state index contributed by atoms with van der Waals surface area (Å²) in [6, 6.07) is 4.03. The summed E-state index contributed by atoms with van der Waals surface area (Å²) in [6.45, 7) is 0.473. The van der Waals surface area contributed by atoms with E-state index in [1.807, 2.05) is 0 Å². The third kappa shape index (κ3) is 2.43. The van der Waals surface area contributed by atoms with Gasteiger partial charge in [-0.25, -0.2) is 4.39 Å². The zero-order valence-corrected chi connectivity index (χ0v) is 8.16. The van der Waals surface area contributed by atoms with Crippen LogP contribution in [0.3, 0.4) is 0 Å². The van der Waals surface area contributed by atoms with Gasteiger partial charge in [0, 0.05) is 11.6 Å². The Labute approximate surface area is 82.9 Å². The molecular weight excluding hydrogens is 183 g/mol. The normalized spacial score (nSPS) is 12.6. The molecule has 0 bridgehead atoms. The molecule has 1 aromatic rings. The molecule has 1 atom stereocenters. The highest BCUT2D eigenvalue weighted by Crippen LogP contribution is 2.25. The molecule has 0 aliphatic carbocycles. The Balaban J connectivity index is 2.97. The highest BCUT2D eigenvalue weighted by molar-refractivity contribution is 5.36. The highest BCUT2D eigenvalue weighted by atomic mass is 19.1. The molecule has 0 aliphatic rings. The van der Waals surface area contributed by atoms with Gasteiger partial charge in [0.15, 0.2) is 0 Å². The molecular formula is C10H15FN2O. The maximum atomic E-state index is 12.9. The first-order valence-corrected chi connectivity index (χ1v) is 4.48. The Morgan fingerprint density at radius 1 is 1.50 bits per heavy atom. The van der Waals surface area contributed by atoms with Crippen LogP contribution in [0.15, 0.2) is 18.2 Å². The molecule has 1 rings (SSSR count). The summed E-state index contributed by atoms with van der Waals surface area (Å²) < 4.78 is 18.0. The van der Waals surface area contributed by atoms with E-state index >= 15 is 0 Å². The maximum Gasteiger partial charge on any atom is 0.123 e. The summed E-state index contributed by atoms with van der Waals surface area (Å²) >= 11 is 0. The minimum Gasteiger partial charge on any atom is -0.496 e. The average molecular weight is 198 g/mol. The quantitative estimate of drug-likeness (QED) is 0.763. The fourth-order valence-corrected chi connectivity index (χ4v) is 1.33. The van der Waals surface area contributed by atoms with E-state index in [1.54, 1.807) is 6.07 Å². The van der Waals surface area contributed by atoms with Crippen LogP contribution >= 0.6 is 0 Å². The number of methoxy groups -OCH3 is 1. The number of ether oxygens (including phenoxy) is 1. The fraction of sp³-hybridized carbons (Fsp3) is 0.400. The molecule has 78 valence electrons. The van der Waals surface area contributed by atoms with Crippen molar-refractivity contribution >= 4 is 0 Å². The van der Waals surface area contributed by atoms with Crippen LogP contribution in [0, 0.1) is 5.82 Å². The van der Waals surface area contributed by atoms with Crippen LogP contribution < -0.4 is 16.2 Å². The third-order valence-electron chi connectivity index (χ3n) is 2.07. The van der Waals surface area contributed by atoms with Gasteiger partial charge in [0.05, 0.1) is 7.11 Å². The van der Waals surface area contributed by atoms with E-state index < -0.39 is 0 Å². The maximum absolute atomic E-state index is 12.9. The highest BCUT2D eigenvalue weighted by Gasteiger charge is 2.11. The molecule has 3 nitrogen and oxygen atoms in total. The molecule has 0 spiro atoms. The minimum atomic E-state index is -0.312. The molecule has 0 aromatic heterocycles. The SMILES string of the molecule is COc1ccc(F)cc1C(N)CCN. The number of rotatable bonds is 4. The number of hydrogen-bond acceptors (Lipinski definition) is 3. The van der Waals surface area contributed by atoms with Gasteiger partial charge in [0.2, 0.25) is 0 Å². The molecule has 14 heavy (non-hydrogen) atoms. The second-order valence-electron chi connectivity index (χ2n) is 3.07. The second kappa shape index (κ2) is 4.93. The lowest BCUT2D eigenvalue weighted by Crippen LogP contribution is -2.16. The Hall–Kier alpha value is -1.13. The van der Waals surface area contributed by atoms with Gasteiger partial charge in [-0.3, -0.25) is 0 Å². The smallest absolute Gasteiger partial charge is 0.123 e. The van der Waals surface area contributed by atoms with Crippen molar-refractivity contribution in [2.45, 2.75) is 12.5 Å². The Morgan fingerprint density at radius 2 is 2.21 bits per heavy atom. The molecule has 4 N–H and O–H groups in total. The van der Waals surface area contributed by atoms with Gasteiger partial charge in [-0.1, -0.05) is 0 Å². The second-order valence-corrected chi connectivity index (χ2v) is 3.07. The summed E-state index contributed by atoms with van der Waals surface area (Å²) in [5, 5.41) is 0. The van der Waals surface area contributed by atoms with Gasteiger partial charge in [0.1, 0.15) is 11.6 Å². The minimum absolute atomic E-state index is 0.273. The Kier molecular flexibility index (Phi) is 3.85. The van der Waals surface area contributed by atoms with Crippen molar-refractivity contribution in [3.05, 3.63) is 29.6 Å². The number of benzene rings is 1. The van der Waals surface area contributed by atoms with Gasteiger partial charge >= 0.3 is 0 Å². The summed E-state index contributed by atoms with van der Waals surface area (Å²) in [6.07, 6.45) is 0.611. The first kappa shape index (κ1) is 10.9. The van der Waals surface area contributed by atoms with E-state index in [2.05, 4.69) is 0 Å². The molecule has 0 fully saturated rings. The Morgan fingerprint density at radius 3 is 2.79 bits per heavy atom. The van der Waals surface area contributed by atoms with Crippen molar-refractivity contribution < 1.29 is 9.13 Å². The summed E-state index contributed by atoms with van der Waals surface area (Å²) in [5.74, 6) is 0.292. The van der Waals surface area contributed by atoms with Crippen molar-refractivity contribution in [3.63, 3.8) is 0 Å². The van der Waals surface area contributed by atoms with Crippen molar-refractivity contribution in [1.82, 2.24) is 0 Å². The van der Waals surface area contributed by atoms with Gasteiger partial charge in [-0.05, 0) is 31.2 Å². The van der Waals surface area contributed by atoms with E-state index in [1.165, 1.54) is 19.2 Å². The molecule has 4 heteroatoms. The van der Waals surface area contributed by atoms with Gasteiger partial charge in [0.25, 0.3) is 0 Å². The van der Waals surface area contributed by atoms with Crippen molar-refractivity contribution in [2.75, 3.05) is 13.7 Å². The first-order valence-electron chi connectivity index (χ1n) is 4.48. The third-order valence-corrected chi connectivity index (χ3v) is 2.07. The van der Waals surface area contributed by atoms with E-state index in [9.17, 15) is 4.39 Å². The monoisotopic (exact) mass is 198 g/mol. The van der Waals surface area contributed by atoms with Gasteiger partial charge in [-0.15, -0.1) is 0 Å². The topological polar surface area (TPSA) is 61.3 Å². The van der Waals surface area contributed by atoms with Crippen molar-refractivity contribution in [1.29, 1.82) is 0 Å². The van der Waals surface area contributed by atoms with Crippen LogP contribution in [0.1, 0.15) is 18.0 Å². The van der Waals surface area contributed by atoms with Crippen LogP contribution in [0.25, 0.3) is 0 Å². The van der Waals surface area contributed by atoms with Crippen LogP contribution in [0.5, 0.6) is 5.75 Å². The van der Waals surface area contributed by atoms with Crippen LogP contribution in [-0.2, 0) is 0 Å². The van der Waals surface area contributed by atoms with Crippen molar-refractivity contribution in [3.8, 4) is 5.75 Å². The predicted molar refractivity (Wildman–Crippen MR) is 53.6 cm³/mol. The molecule has 0 radical (unpaired) electrons. The molecule has 1 aromatic carbocycles. The molecule has 0 saturated heterocycles. The lowest BCUT2D eigenvalue weighted by Gasteiger charge is -2.14.